The van der Waals surface area contributed by atoms with Crippen LogP contribution in [0.15, 0.2) is 42.7 Å². The van der Waals surface area contributed by atoms with Crippen molar-refractivity contribution in [2.45, 2.75) is 0 Å². The van der Waals surface area contributed by atoms with Crippen molar-refractivity contribution in [3.63, 3.8) is 0 Å². The second-order valence-corrected chi connectivity index (χ2v) is 3.97. The van der Waals surface area contributed by atoms with Crippen LogP contribution in [0.25, 0.3) is 11.2 Å². The molecule has 94 valence electrons. The summed E-state index contributed by atoms with van der Waals surface area (Å²) in [6, 6.07) is 8.06. The number of hydrogen-bond donors (Lipinski definition) is 3. The molecule has 2 aromatic heterocycles. The summed E-state index contributed by atoms with van der Waals surface area (Å²) in [5.41, 5.74) is 1.98. The topological polar surface area (TPSA) is 90.9 Å². The summed E-state index contributed by atoms with van der Waals surface area (Å²) in [7, 11) is 0. The van der Waals surface area contributed by atoms with Gasteiger partial charge >= 0.3 is 0 Å². The van der Waals surface area contributed by atoms with Gasteiger partial charge in [-0.15, -0.1) is 0 Å². The van der Waals surface area contributed by atoms with Gasteiger partial charge in [-0.3, -0.25) is 4.79 Å². The molecule has 1 aromatic carbocycles. The zero-order chi connectivity index (χ0) is 13.2. The number of benzene rings is 1. The average molecular weight is 254 g/mol. The van der Waals surface area contributed by atoms with Crippen LogP contribution in [0, 0.1) is 0 Å². The Kier molecular flexibility index (Phi) is 2.60. The summed E-state index contributed by atoms with van der Waals surface area (Å²) in [6.07, 6.45) is 3.11. The molecule has 0 radical (unpaired) electrons. The molecule has 0 saturated carbocycles. The van der Waals surface area contributed by atoms with Crippen molar-refractivity contribution < 1.29 is 9.90 Å². The summed E-state index contributed by atoms with van der Waals surface area (Å²) in [6.45, 7) is 0. The van der Waals surface area contributed by atoms with Gasteiger partial charge in [0, 0.05) is 18.0 Å². The van der Waals surface area contributed by atoms with Crippen molar-refractivity contribution in [1.29, 1.82) is 0 Å². The Hall–Kier alpha value is -2.89. The number of H-pyrrole nitrogens is 1. The van der Waals surface area contributed by atoms with Crippen molar-refractivity contribution in [2.24, 2.45) is 0 Å². The van der Waals surface area contributed by atoms with E-state index in [-0.39, 0.29) is 17.4 Å². The van der Waals surface area contributed by atoms with Gasteiger partial charge < -0.3 is 15.4 Å². The number of fused-ring (bicyclic) bond motifs is 1. The van der Waals surface area contributed by atoms with Crippen LogP contribution in [0.1, 0.15) is 10.5 Å². The van der Waals surface area contributed by atoms with E-state index in [1.54, 1.807) is 24.4 Å². The molecule has 2 heterocycles. The molecule has 0 spiro atoms. The third-order valence-electron chi connectivity index (χ3n) is 2.60. The van der Waals surface area contributed by atoms with Gasteiger partial charge in [-0.2, -0.15) is 0 Å². The number of carbonyl (C=O) groups excluding carboxylic acids is 1. The Balaban J connectivity index is 1.87. The molecule has 0 saturated heterocycles. The van der Waals surface area contributed by atoms with E-state index in [1.165, 1.54) is 18.3 Å². The summed E-state index contributed by atoms with van der Waals surface area (Å²) < 4.78 is 0. The fourth-order valence-electron chi connectivity index (χ4n) is 1.72. The molecule has 6 heteroatoms. The number of carbonyl (C=O) groups is 1. The number of nitrogens with one attached hydrogen (secondary N) is 2. The molecule has 3 rings (SSSR count). The molecule has 19 heavy (non-hydrogen) atoms. The van der Waals surface area contributed by atoms with E-state index in [0.29, 0.717) is 16.9 Å². The third-order valence-corrected chi connectivity index (χ3v) is 2.60. The standard InChI is InChI=1S/C13H10N4O2/c18-9-3-1-2-8(6-9)16-13(19)11-7-15-12-10(17-11)4-5-14-12/h1-7,18H,(H,14,15)(H,16,19). The fraction of sp³-hybridized carbons (Fsp3) is 0. The molecule has 0 atom stereocenters. The van der Waals surface area contributed by atoms with Crippen LogP contribution in [0.3, 0.4) is 0 Å². The predicted molar refractivity (Wildman–Crippen MR) is 69.9 cm³/mol. The second kappa shape index (κ2) is 4.41. The van der Waals surface area contributed by atoms with Gasteiger partial charge in [-0.05, 0) is 18.2 Å². The number of aromatic nitrogens is 3. The Bertz CT molecular complexity index is 751. The highest BCUT2D eigenvalue weighted by Gasteiger charge is 2.10. The molecule has 0 aliphatic heterocycles. The Morgan fingerprint density at radius 3 is 3.05 bits per heavy atom. The zero-order valence-corrected chi connectivity index (χ0v) is 9.79. The van der Waals surface area contributed by atoms with E-state index < -0.39 is 0 Å². The van der Waals surface area contributed by atoms with Crippen molar-refractivity contribution >= 4 is 22.8 Å². The fourth-order valence-corrected chi connectivity index (χ4v) is 1.72. The van der Waals surface area contributed by atoms with E-state index in [9.17, 15) is 9.90 Å². The quantitative estimate of drug-likeness (QED) is 0.651. The molecule has 6 nitrogen and oxygen atoms in total. The maximum atomic E-state index is 12.0. The Morgan fingerprint density at radius 1 is 1.32 bits per heavy atom. The molecule has 0 bridgehead atoms. The Labute approximate surface area is 108 Å². The van der Waals surface area contributed by atoms with E-state index >= 15 is 0 Å². The molecular weight excluding hydrogens is 244 g/mol. The van der Waals surface area contributed by atoms with Crippen LogP contribution in [-0.4, -0.2) is 26.0 Å². The van der Waals surface area contributed by atoms with Crippen molar-refractivity contribution in [3.05, 3.63) is 48.4 Å². The number of rotatable bonds is 2. The van der Waals surface area contributed by atoms with Crippen LogP contribution in [0.4, 0.5) is 5.69 Å². The lowest BCUT2D eigenvalue weighted by Gasteiger charge is -2.04. The number of nitrogens with zero attached hydrogens (tertiary/aromatic N) is 2. The molecule has 3 aromatic rings. The van der Waals surface area contributed by atoms with Crippen molar-refractivity contribution in [1.82, 2.24) is 15.0 Å². The lowest BCUT2D eigenvalue weighted by Crippen LogP contribution is -2.13. The first kappa shape index (κ1) is 11.2. The molecule has 3 N–H and O–H groups in total. The van der Waals surface area contributed by atoms with Gasteiger partial charge in [0.1, 0.15) is 17.0 Å². The molecule has 1 amide bonds. The number of aromatic hydroxyl groups is 1. The van der Waals surface area contributed by atoms with Crippen LogP contribution >= 0.6 is 0 Å². The van der Waals surface area contributed by atoms with Crippen LogP contribution in [-0.2, 0) is 0 Å². The minimum Gasteiger partial charge on any atom is -0.508 e. The molecule has 0 aliphatic carbocycles. The van der Waals surface area contributed by atoms with Crippen LogP contribution in [0.2, 0.25) is 0 Å². The first-order valence-corrected chi connectivity index (χ1v) is 5.63. The van der Waals surface area contributed by atoms with Gasteiger partial charge in [-0.1, -0.05) is 6.07 Å². The number of phenols is 1. The van der Waals surface area contributed by atoms with E-state index in [2.05, 4.69) is 20.3 Å². The monoisotopic (exact) mass is 254 g/mol. The largest absolute Gasteiger partial charge is 0.508 e. The van der Waals surface area contributed by atoms with Gasteiger partial charge in [0.05, 0.1) is 6.20 Å². The number of anilines is 1. The highest BCUT2D eigenvalue weighted by molar-refractivity contribution is 6.03. The maximum Gasteiger partial charge on any atom is 0.275 e. The Morgan fingerprint density at radius 2 is 2.21 bits per heavy atom. The van der Waals surface area contributed by atoms with Gasteiger partial charge in [0.2, 0.25) is 0 Å². The normalized spacial score (nSPS) is 10.5. The lowest BCUT2D eigenvalue weighted by molar-refractivity contribution is 0.102. The number of amides is 1. The summed E-state index contributed by atoms with van der Waals surface area (Å²) in [4.78, 5) is 23.2. The maximum absolute atomic E-state index is 12.0. The minimum absolute atomic E-state index is 0.0879. The SMILES string of the molecule is O=C(Nc1cccc(O)c1)c1cnc2[nH]ccc2n1. The molecule has 0 aliphatic rings. The predicted octanol–water partition coefficient (Wildman–Crippen LogP) is 1.92. The molecular formula is C13H10N4O2. The van der Waals surface area contributed by atoms with Gasteiger partial charge in [-0.25, -0.2) is 9.97 Å². The van der Waals surface area contributed by atoms with Crippen LogP contribution in [0.5, 0.6) is 5.75 Å². The van der Waals surface area contributed by atoms with Crippen molar-refractivity contribution in [2.75, 3.05) is 5.32 Å². The van der Waals surface area contributed by atoms with Crippen LogP contribution < -0.4 is 5.32 Å². The van der Waals surface area contributed by atoms with Gasteiger partial charge in [0.25, 0.3) is 5.91 Å². The number of hydrogen-bond acceptors (Lipinski definition) is 4. The van der Waals surface area contributed by atoms with Gasteiger partial charge in [0.15, 0.2) is 5.65 Å². The molecule has 0 fully saturated rings. The lowest BCUT2D eigenvalue weighted by atomic mass is 10.3. The first-order chi connectivity index (χ1) is 9.22. The first-order valence-electron chi connectivity index (χ1n) is 5.63. The minimum atomic E-state index is -0.374. The van der Waals surface area contributed by atoms with E-state index in [4.69, 9.17) is 0 Å². The highest BCUT2D eigenvalue weighted by atomic mass is 16.3. The summed E-state index contributed by atoms with van der Waals surface area (Å²) in [5.74, 6) is -0.286. The van der Waals surface area contributed by atoms with Crippen molar-refractivity contribution in [3.8, 4) is 5.75 Å². The van der Waals surface area contributed by atoms with E-state index in [0.717, 1.165) is 0 Å². The number of aromatic amines is 1. The number of phenolic OH excluding ortho intramolecular Hbond substituents is 1. The smallest absolute Gasteiger partial charge is 0.275 e. The second-order valence-electron chi connectivity index (χ2n) is 3.97. The summed E-state index contributed by atoms with van der Waals surface area (Å²) in [5, 5.41) is 12.0. The zero-order valence-electron chi connectivity index (χ0n) is 9.79. The average Bonchev–Trinajstić information content (AvgIpc) is 2.85. The summed E-state index contributed by atoms with van der Waals surface area (Å²) >= 11 is 0. The molecule has 0 unspecified atom stereocenters. The van der Waals surface area contributed by atoms with E-state index in [1.807, 2.05) is 0 Å². The highest BCUT2D eigenvalue weighted by Crippen LogP contribution is 2.16. The third kappa shape index (κ3) is 2.23.